The van der Waals surface area contributed by atoms with Gasteiger partial charge < -0.3 is 24.4 Å². The summed E-state index contributed by atoms with van der Waals surface area (Å²) in [5.74, 6) is -4.49. The molecule has 5 rings (SSSR count). The van der Waals surface area contributed by atoms with Crippen molar-refractivity contribution in [3.63, 3.8) is 0 Å². The Balaban J connectivity index is 1.48. The fourth-order valence-corrected chi connectivity index (χ4v) is 6.37. The van der Waals surface area contributed by atoms with Crippen LogP contribution < -0.4 is 5.32 Å². The van der Waals surface area contributed by atoms with Gasteiger partial charge in [0.15, 0.2) is 18.2 Å². The van der Waals surface area contributed by atoms with E-state index in [-0.39, 0.29) is 37.2 Å². The summed E-state index contributed by atoms with van der Waals surface area (Å²) in [6, 6.07) is 15.5. The zero-order valence-electron chi connectivity index (χ0n) is 27.1. The van der Waals surface area contributed by atoms with E-state index in [9.17, 15) is 28.0 Å². The number of rotatable bonds is 7. The maximum absolute atomic E-state index is 14.7. The minimum Gasteiger partial charge on any atom is -0.456 e. The van der Waals surface area contributed by atoms with Gasteiger partial charge in [0.25, 0.3) is 5.91 Å². The van der Waals surface area contributed by atoms with Gasteiger partial charge in [-0.25, -0.2) is 18.4 Å². The largest absolute Gasteiger partial charge is 0.456 e. The predicted octanol–water partition coefficient (Wildman–Crippen LogP) is 5.95. The molecule has 0 aliphatic carbocycles. The minimum atomic E-state index is -1.33. The molecule has 2 aliphatic heterocycles. The number of amides is 2. The van der Waals surface area contributed by atoms with Crippen LogP contribution in [0.15, 0.2) is 54.6 Å². The lowest BCUT2D eigenvalue weighted by Crippen LogP contribution is -2.51. The topological polar surface area (TPSA) is 111 Å². The number of carbonyl (C=O) groups is 4. The van der Waals surface area contributed by atoms with Gasteiger partial charge in [-0.15, -0.1) is 0 Å². The molecule has 1 saturated heterocycles. The van der Waals surface area contributed by atoms with E-state index in [2.05, 4.69) is 5.32 Å². The molecule has 11 heteroatoms. The van der Waals surface area contributed by atoms with Crippen LogP contribution in [-0.2, 0) is 35.8 Å². The van der Waals surface area contributed by atoms with Gasteiger partial charge in [-0.2, -0.15) is 0 Å². The van der Waals surface area contributed by atoms with Crippen molar-refractivity contribution in [2.24, 2.45) is 0 Å². The van der Waals surface area contributed by atoms with Gasteiger partial charge in [-0.3, -0.25) is 9.59 Å². The van der Waals surface area contributed by atoms with Crippen LogP contribution in [-0.4, -0.2) is 60.7 Å². The lowest BCUT2D eigenvalue weighted by molar-refractivity contribution is -0.146. The van der Waals surface area contributed by atoms with Crippen LogP contribution in [0.3, 0.4) is 0 Å². The van der Waals surface area contributed by atoms with E-state index in [1.165, 1.54) is 6.92 Å². The number of fused-ring (bicyclic) bond motifs is 2. The van der Waals surface area contributed by atoms with Crippen molar-refractivity contribution in [2.45, 2.75) is 64.6 Å². The van der Waals surface area contributed by atoms with E-state index in [4.69, 9.17) is 14.2 Å². The number of nitrogens with one attached hydrogen (secondary N) is 1. The summed E-state index contributed by atoms with van der Waals surface area (Å²) in [7, 11) is 0. The van der Waals surface area contributed by atoms with Crippen molar-refractivity contribution in [3.05, 3.63) is 94.0 Å². The molecule has 2 heterocycles. The second kappa shape index (κ2) is 13.1. The normalized spacial score (nSPS) is 18.8. The molecule has 47 heavy (non-hydrogen) atoms. The van der Waals surface area contributed by atoms with E-state index in [0.717, 1.165) is 39.9 Å². The van der Waals surface area contributed by atoms with Crippen LogP contribution >= 0.6 is 0 Å². The summed E-state index contributed by atoms with van der Waals surface area (Å²) in [4.78, 5) is 50.8. The summed E-state index contributed by atoms with van der Waals surface area (Å²) in [5, 5.41) is 2.75. The average molecular weight is 649 g/mol. The van der Waals surface area contributed by atoms with Crippen LogP contribution in [0.5, 0.6) is 0 Å². The molecule has 0 radical (unpaired) electrons. The number of ether oxygens (including phenoxy) is 3. The standard InChI is InChI=1S/C36H38F2N2O7/c1-21-16-24(26-9-7-6-8-23(26)12-14-39-32(42)20-45-22(2)41)10-11-25(21)29-19-40(34(44)47-35(3,4)5)15-13-36(29)28-18-31(38)30(37)17-27(28)33(43)46-36/h6-11,16-18,29H,12-15,19-20H2,1-5H3,(H,39,42)/t29-,36+/m1/s1. The van der Waals surface area contributed by atoms with Gasteiger partial charge >= 0.3 is 18.0 Å². The molecular weight excluding hydrogens is 610 g/mol. The first-order valence-electron chi connectivity index (χ1n) is 15.5. The van der Waals surface area contributed by atoms with Crippen molar-refractivity contribution in [1.82, 2.24) is 10.2 Å². The summed E-state index contributed by atoms with van der Waals surface area (Å²) in [6.07, 6.45) is 0.164. The highest BCUT2D eigenvalue weighted by molar-refractivity contribution is 5.95. The van der Waals surface area contributed by atoms with Crippen LogP contribution in [0.2, 0.25) is 0 Å². The number of piperidine rings is 1. The Hall–Kier alpha value is -4.80. The highest BCUT2D eigenvalue weighted by Gasteiger charge is 2.55. The van der Waals surface area contributed by atoms with Gasteiger partial charge in [0, 0.05) is 44.5 Å². The van der Waals surface area contributed by atoms with Crippen molar-refractivity contribution in [2.75, 3.05) is 26.2 Å². The zero-order valence-corrected chi connectivity index (χ0v) is 27.1. The lowest BCUT2D eigenvalue weighted by atomic mass is 9.71. The first-order valence-corrected chi connectivity index (χ1v) is 15.5. The number of benzene rings is 3. The molecule has 0 aromatic heterocycles. The third-order valence-corrected chi connectivity index (χ3v) is 8.48. The third kappa shape index (κ3) is 7.13. The van der Waals surface area contributed by atoms with Crippen molar-refractivity contribution < 1.29 is 42.2 Å². The van der Waals surface area contributed by atoms with E-state index in [0.29, 0.717) is 13.0 Å². The predicted molar refractivity (Wildman–Crippen MR) is 169 cm³/mol. The first-order chi connectivity index (χ1) is 22.2. The molecule has 0 bridgehead atoms. The molecule has 0 unspecified atom stereocenters. The Bertz CT molecular complexity index is 1730. The molecule has 248 valence electrons. The maximum Gasteiger partial charge on any atom is 0.410 e. The minimum absolute atomic E-state index is 0.0252. The van der Waals surface area contributed by atoms with Crippen molar-refractivity contribution in [1.29, 1.82) is 0 Å². The highest BCUT2D eigenvalue weighted by atomic mass is 19.2. The van der Waals surface area contributed by atoms with E-state index < -0.39 is 52.7 Å². The van der Waals surface area contributed by atoms with E-state index in [1.54, 1.807) is 25.7 Å². The Kier molecular flexibility index (Phi) is 9.38. The molecule has 2 aliphatic rings. The molecule has 2 atom stereocenters. The third-order valence-electron chi connectivity index (χ3n) is 8.48. The smallest absolute Gasteiger partial charge is 0.410 e. The fourth-order valence-electron chi connectivity index (χ4n) is 6.37. The number of hydrogen-bond acceptors (Lipinski definition) is 7. The summed E-state index contributed by atoms with van der Waals surface area (Å²) >= 11 is 0. The van der Waals surface area contributed by atoms with Crippen molar-refractivity contribution >= 4 is 23.9 Å². The number of carbonyl (C=O) groups excluding carboxylic acids is 4. The van der Waals surface area contributed by atoms with Crippen LogP contribution in [0, 0.1) is 18.6 Å². The first kappa shape index (κ1) is 33.6. The number of esters is 2. The monoisotopic (exact) mass is 648 g/mol. The maximum atomic E-state index is 14.7. The number of aryl methyl sites for hydroxylation is 1. The second-order valence-electron chi connectivity index (χ2n) is 12.9. The quantitative estimate of drug-likeness (QED) is 0.249. The molecule has 3 aromatic rings. The van der Waals surface area contributed by atoms with Crippen molar-refractivity contribution in [3.8, 4) is 11.1 Å². The van der Waals surface area contributed by atoms with E-state index in [1.807, 2.05) is 49.4 Å². The van der Waals surface area contributed by atoms with Crippen LogP contribution in [0.1, 0.15) is 72.6 Å². The average Bonchev–Trinajstić information content (AvgIpc) is 3.26. The lowest BCUT2D eigenvalue weighted by Gasteiger charge is -2.45. The number of halogens is 2. The number of likely N-dealkylation sites (tertiary alicyclic amines) is 1. The molecule has 9 nitrogen and oxygen atoms in total. The van der Waals surface area contributed by atoms with Gasteiger partial charge in [0.1, 0.15) is 11.2 Å². The molecule has 1 spiro atoms. The molecular formula is C36H38F2N2O7. The number of hydrogen-bond donors (Lipinski definition) is 1. The molecule has 0 saturated carbocycles. The molecule has 1 N–H and O–H groups in total. The zero-order chi connectivity index (χ0) is 34.1. The summed E-state index contributed by atoms with van der Waals surface area (Å²) < 4.78 is 45.3. The van der Waals surface area contributed by atoms with Crippen LogP contribution in [0.4, 0.5) is 13.6 Å². The molecule has 2 amide bonds. The highest BCUT2D eigenvalue weighted by Crippen LogP contribution is 2.52. The Labute approximate surface area is 272 Å². The van der Waals surface area contributed by atoms with Gasteiger partial charge in [0.2, 0.25) is 0 Å². The van der Waals surface area contributed by atoms with Gasteiger partial charge in [-0.1, -0.05) is 42.5 Å². The molecule has 3 aromatic carbocycles. The Morgan fingerprint density at radius 3 is 2.47 bits per heavy atom. The summed E-state index contributed by atoms with van der Waals surface area (Å²) in [6.45, 7) is 8.77. The van der Waals surface area contributed by atoms with E-state index >= 15 is 0 Å². The van der Waals surface area contributed by atoms with Gasteiger partial charge in [0.05, 0.1) is 5.56 Å². The Morgan fingerprint density at radius 1 is 1.04 bits per heavy atom. The number of nitrogens with zero attached hydrogens (tertiary/aromatic N) is 1. The van der Waals surface area contributed by atoms with Crippen LogP contribution in [0.25, 0.3) is 11.1 Å². The Morgan fingerprint density at radius 2 is 1.77 bits per heavy atom. The SMILES string of the molecule is CC(=O)OCC(=O)NCCc1ccccc1-c1ccc([C@H]2CN(C(=O)OC(C)(C)C)CC[C@@]23OC(=O)c2cc(F)c(F)cc23)c(C)c1. The second-order valence-corrected chi connectivity index (χ2v) is 12.9. The molecule has 1 fully saturated rings. The van der Waals surface area contributed by atoms with Gasteiger partial charge in [-0.05, 0) is 74.1 Å². The fraction of sp³-hybridized carbons (Fsp3) is 0.389. The summed E-state index contributed by atoms with van der Waals surface area (Å²) in [5.41, 5.74) is 2.63.